The van der Waals surface area contributed by atoms with E-state index in [4.69, 9.17) is 0 Å². The van der Waals surface area contributed by atoms with E-state index in [0.29, 0.717) is 5.69 Å². The predicted molar refractivity (Wildman–Crippen MR) is 111 cm³/mol. The summed E-state index contributed by atoms with van der Waals surface area (Å²) in [5, 5.41) is 19.8. The Bertz CT molecular complexity index is 947. The Morgan fingerprint density at radius 3 is 2.54 bits per heavy atom. The van der Waals surface area contributed by atoms with Crippen LogP contribution >= 0.6 is 0 Å². The largest absolute Gasteiger partial charge is 0.508 e. The average molecular weight is 378 g/mol. The Morgan fingerprint density at radius 2 is 1.86 bits per heavy atom. The fraction of sp³-hybridized carbons (Fsp3) is 0.273. The maximum Gasteiger partial charge on any atom is 0.319 e. The number of nitrogens with one attached hydrogen (secondary N) is 2. The van der Waals surface area contributed by atoms with Crippen LogP contribution in [0.15, 0.2) is 54.6 Å². The average Bonchev–Trinajstić information content (AvgIpc) is 2.99. The lowest BCUT2D eigenvalue weighted by molar-refractivity contribution is 0.248. The summed E-state index contributed by atoms with van der Waals surface area (Å²) in [7, 11) is 0. The minimum absolute atomic E-state index is 0.00893. The second-order valence-electron chi connectivity index (χ2n) is 7.06. The molecule has 0 saturated heterocycles. The van der Waals surface area contributed by atoms with Gasteiger partial charge in [-0.05, 0) is 69.5 Å². The molecule has 6 nitrogen and oxygen atoms in total. The van der Waals surface area contributed by atoms with Crippen LogP contribution in [0.2, 0.25) is 0 Å². The number of carbonyl (C=O) groups excluding carboxylic acids is 1. The van der Waals surface area contributed by atoms with E-state index in [1.165, 1.54) is 0 Å². The maximum absolute atomic E-state index is 12.5. The fourth-order valence-electron chi connectivity index (χ4n) is 3.14. The summed E-state index contributed by atoms with van der Waals surface area (Å²) in [6.45, 7) is 5.91. The number of phenolic OH excluding ortho intramolecular Hbond substituents is 1. The van der Waals surface area contributed by atoms with Crippen LogP contribution in [0.25, 0.3) is 5.69 Å². The van der Waals surface area contributed by atoms with E-state index in [1.54, 1.807) is 12.1 Å². The van der Waals surface area contributed by atoms with Crippen molar-refractivity contribution in [3.05, 3.63) is 71.5 Å². The fourth-order valence-corrected chi connectivity index (χ4v) is 3.14. The van der Waals surface area contributed by atoms with Gasteiger partial charge >= 0.3 is 6.03 Å². The molecule has 0 fully saturated rings. The number of benzene rings is 2. The first-order valence-electron chi connectivity index (χ1n) is 9.40. The molecule has 6 heteroatoms. The normalized spacial score (nSPS) is 11.8. The van der Waals surface area contributed by atoms with Crippen LogP contribution < -0.4 is 10.6 Å². The summed E-state index contributed by atoms with van der Waals surface area (Å²) >= 11 is 0. The lowest BCUT2D eigenvalue weighted by Crippen LogP contribution is -2.36. The Hall–Kier alpha value is -3.28. The molecule has 2 amide bonds. The van der Waals surface area contributed by atoms with Crippen LogP contribution in [-0.4, -0.2) is 27.0 Å². The van der Waals surface area contributed by atoms with Crippen LogP contribution in [0, 0.1) is 13.8 Å². The lowest BCUT2D eigenvalue weighted by atomic mass is 10.1. The Kier molecular flexibility index (Phi) is 5.99. The molecule has 0 aliphatic heterocycles. The Morgan fingerprint density at radius 1 is 1.14 bits per heavy atom. The Labute approximate surface area is 165 Å². The van der Waals surface area contributed by atoms with Crippen molar-refractivity contribution in [1.82, 2.24) is 15.1 Å². The monoisotopic (exact) mass is 378 g/mol. The summed E-state index contributed by atoms with van der Waals surface area (Å²) in [4.78, 5) is 12.5. The van der Waals surface area contributed by atoms with Crippen molar-refractivity contribution >= 4 is 11.7 Å². The summed E-state index contributed by atoms with van der Waals surface area (Å²) in [6.07, 6.45) is 1.63. The molecule has 2 aromatic carbocycles. The molecule has 0 bridgehead atoms. The third kappa shape index (κ3) is 4.91. The molecular weight excluding hydrogens is 352 g/mol. The first-order chi connectivity index (χ1) is 13.4. The highest BCUT2D eigenvalue weighted by Crippen LogP contribution is 2.21. The number of para-hydroxylation sites is 2. The van der Waals surface area contributed by atoms with E-state index >= 15 is 0 Å². The molecule has 0 spiro atoms. The molecule has 1 aromatic heterocycles. The van der Waals surface area contributed by atoms with Crippen molar-refractivity contribution in [3.8, 4) is 11.4 Å². The van der Waals surface area contributed by atoms with Gasteiger partial charge in [-0.25, -0.2) is 9.48 Å². The molecule has 0 aliphatic carbocycles. The van der Waals surface area contributed by atoms with Gasteiger partial charge in [-0.2, -0.15) is 5.10 Å². The maximum atomic E-state index is 12.5. The second kappa shape index (κ2) is 8.61. The smallest absolute Gasteiger partial charge is 0.319 e. The second-order valence-corrected chi connectivity index (χ2v) is 7.06. The number of phenols is 1. The zero-order chi connectivity index (χ0) is 20.1. The number of aromatic hydroxyl groups is 1. The Balaban J connectivity index is 1.60. The predicted octanol–water partition coefficient (Wildman–Crippen LogP) is 4.34. The van der Waals surface area contributed by atoms with Crippen molar-refractivity contribution in [1.29, 1.82) is 0 Å². The minimum atomic E-state index is -0.243. The van der Waals surface area contributed by atoms with Gasteiger partial charge in [0.25, 0.3) is 0 Å². The summed E-state index contributed by atoms with van der Waals surface area (Å²) < 4.78 is 1.83. The highest BCUT2D eigenvalue weighted by atomic mass is 16.3. The molecule has 0 saturated carbocycles. The molecule has 0 radical (unpaired) electrons. The van der Waals surface area contributed by atoms with E-state index in [1.807, 2.05) is 67.9 Å². The van der Waals surface area contributed by atoms with Gasteiger partial charge in [0.15, 0.2) is 0 Å². The highest BCUT2D eigenvalue weighted by Gasteiger charge is 2.12. The van der Waals surface area contributed by atoms with Crippen molar-refractivity contribution in [2.45, 2.75) is 39.7 Å². The van der Waals surface area contributed by atoms with Gasteiger partial charge in [-0.1, -0.05) is 24.3 Å². The van der Waals surface area contributed by atoms with Crippen molar-refractivity contribution in [3.63, 3.8) is 0 Å². The molecule has 1 heterocycles. The number of rotatable bonds is 6. The standard InChI is InChI=1S/C22H26N4O2/c1-15(8-9-18-10-12-19(27)13-11-18)23-22(28)24-20-6-4-5-7-21(20)26-17(3)14-16(2)25-26/h4-7,10-15,27H,8-9H2,1-3H3,(H2,23,24,28)/t15-/m0/s1. The summed E-state index contributed by atoms with van der Waals surface area (Å²) in [5.41, 5.74) is 4.60. The molecule has 3 N–H and O–H groups in total. The van der Waals surface area contributed by atoms with Gasteiger partial charge in [-0.3, -0.25) is 0 Å². The number of carbonyl (C=O) groups is 1. The van der Waals surface area contributed by atoms with Crippen LogP contribution in [0.5, 0.6) is 5.75 Å². The number of nitrogens with zero attached hydrogens (tertiary/aromatic N) is 2. The molecule has 0 aliphatic rings. The van der Waals surface area contributed by atoms with Gasteiger partial charge in [0.2, 0.25) is 0 Å². The number of hydrogen-bond donors (Lipinski definition) is 3. The minimum Gasteiger partial charge on any atom is -0.508 e. The van der Waals surface area contributed by atoms with Crippen LogP contribution in [-0.2, 0) is 6.42 Å². The first kappa shape index (κ1) is 19.5. The molecule has 146 valence electrons. The van der Waals surface area contributed by atoms with Crippen LogP contribution in [0.1, 0.15) is 30.3 Å². The topological polar surface area (TPSA) is 79.2 Å². The van der Waals surface area contributed by atoms with Gasteiger partial charge in [0.05, 0.1) is 17.1 Å². The summed E-state index contributed by atoms with van der Waals surface area (Å²) in [5.74, 6) is 0.260. The quantitative estimate of drug-likeness (QED) is 0.597. The van der Waals surface area contributed by atoms with E-state index in [-0.39, 0.29) is 17.8 Å². The van der Waals surface area contributed by atoms with Gasteiger partial charge in [-0.15, -0.1) is 0 Å². The van der Waals surface area contributed by atoms with E-state index in [0.717, 1.165) is 35.5 Å². The zero-order valence-electron chi connectivity index (χ0n) is 16.4. The molecule has 0 unspecified atom stereocenters. The van der Waals surface area contributed by atoms with E-state index < -0.39 is 0 Å². The third-order valence-corrected chi connectivity index (χ3v) is 4.57. The number of aromatic nitrogens is 2. The first-order valence-corrected chi connectivity index (χ1v) is 9.40. The molecule has 28 heavy (non-hydrogen) atoms. The number of anilines is 1. The highest BCUT2D eigenvalue weighted by molar-refractivity contribution is 5.91. The van der Waals surface area contributed by atoms with E-state index in [9.17, 15) is 9.90 Å². The lowest BCUT2D eigenvalue weighted by Gasteiger charge is -2.17. The van der Waals surface area contributed by atoms with Crippen molar-refractivity contribution in [2.24, 2.45) is 0 Å². The van der Waals surface area contributed by atoms with Gasteiger partial charge in [0, 0.05) is 11.7 Å². The van der Waals surface area contributed by atoms with E-state index in [2.05, 4.69) is 15.7 Å². The third-order valence-electron chi connectivity index (χ3n) is 4.57. The zero-order valence-corrected chi connectivity index (χ0v) is 16.4. The van der Waals surface area contributed by atoms with Crippen LogP contribution in [0.3, 0.4) is 0 Å². The number of amides is 2. The van der Waals surface area contributed by atoms with Crippen molar-refractivity contribution in [2.75, 3.05) is 5.32 Å². The molecular formula is C22H26N4O2. The van der Waals surface area contributed by atoms with Gasteiger partial charge < -0.3 is 15.7 Å². The SMILES string of the molecule is Cc1cc(C)n(-c2ccccc2NC(=O)N[C@@H](C)CCc2ccc(O)cc2)n1. The number of hydrogen-bond acceptors (Lipinski definition) is 3. The number of aryl methyl sites for hydroxylation is 3. The van der Waals surface area contributed by atoms with Gasteiger partial charge in [0.1, 0.15) is 5.75 Å². The molecule has 1 atom stereocenters. The molecule has 3 aromatic rings. The summed E-state index contributed by atoms with van der Waals surface area (Å²) in [6, 6.07) is 16.5. The number of urea groups is 1. The van der Waals surface area contributed by atoms with Crippen molar-refractivity contribution < 1.29 is 9.90 Å². The van der Waals surface area contributed by atoms with Crippen LogP contribution in [0.4, 0.5) is 10.5 Å². The molecule has 3 rings (SSSR count).